The lowest BCUT2D eigenvalue weighted by Crippen LogP contribution is -2.58. The molecule has 0 unspecified atom stereocenters. The van der Waals surface area contributed by atoms with Gasteiger partial charge in [-0.15, -0.1) is 0 Å². The van der Waals surface area contributed by atoms with E-state index < -0.39 is 0 Å². The Balaban J connectivity index is 1.45. The second-order valence-corrected chi connectivity index (χ2v) is 8.32. The number of amides is 1. The van der Waals surface area contributed by atoms with Gasteiger partial charge in [-0.2, -0.15) is 0 Å². The molecule has 5 nitrogen and oxygen atoms in total. The Kier molecular flexibility index (Phi) is 4.46. The first-order valence-electron chi connectivity index (χ1n) is 10.5. The molecule has 148 valence electrons. The zero-order valence-corrected chi connectivity index (χ0v) is 16.1. The van der Waals surface area contributed by atoms with Gasteiger partial charge in [0.05, 0.1) is 6.54 Å². The quantitative estimate of drug-likeness (QED) is 0.810. The Labute approximate surface area is 164 Å². The number of halogens is 1. The monoisotopic (exact) mass is 383 g/mol. The van der Waals surface area contributed by atoms with E-state index in [1.54, 1.807) is 18.2 Å². The number of carbonyl (C=O) groups is 1. The molecule has 0 N–H and O–H groups in total. The fraction of sp³-hybridized carbons (Fsp3) is 0.545. The van der Waals surface area contributed by atoms with E-state index in [4.69, 9.17) is 4.52 Å². The Morgan fingerprint density at radius 2 is 1.82 bits per heavy atom. The number of likely N-dealkylation sites (tertiary alicyclic amines) is 1. The normalized spacial score (nSPS) is 21.8. The minimum absolute atomic E-state index is 0.248. The van der Waals surface area contributed by atoms with Gasteiger partial charge in [0.1, 0.15) is 22.8 Å². The Morgan fingerprint density at radius 3 is 2.57 bits per heavy atom. The van der Waals surface area contributed by atoms with Crippen LogP contribution in [0.3, 0.4) is 0 Å². The maximum absolute atomic E-state index is 14.3. The van der Waals surface area contributed by atoms with E-state index in [0.717, 1.165) is 50.1 Å². The molecule has 0 radical (unpaired) electrons. The van der Waals surface area contributed by atoms with Crippen molar-refractivity contribution < 1.29 is 13.7 Å². The van der Waals surface area contributed by atoms with E-state index in [-0.39, 0.29) is 17.3 Å². The van der Waals surface area contributed by atoms with Gasteiger partial charge in [0, 0.05) is 24.1 Å². The molecular weight excluding hydrogens is 357 g/mol. The standard InChI is InChI=1S/C22H26FN3O2/c23-18-8-2-1-7-16(18)20-17-15-25(14-9-19(17)28-24-20)21(27)22(10-3-4-11-22)26-12-5-6-13-26/h1-2,7-8H,3-6,9-15H2. The molecule has 5 rings (SSSR count). The van der Waals surface area contributed by atoms with Gasteiger partial charge in [0.2, 0.25) is 5.91 Å². The van der Waals surface area contributed by atoms with Crippen molar-refractivity contribution in [2.24, 2.45) is 0 Å². The summed E-state index contributed by atoms with van der Waals surface area (Å²) >= 11 is 0. The van der Waals surface area contributed by atoms with E-state index in [1.807, 2.05) is 4.90 Å². The second kappa shape index (κ2) is 6.99. The van der Waals surface area contributed by atoms with Gasteiger partial charge in [-0.05, 0) is 50.9 Å². The van der Waals surface area contributed by atoms with Gasteiger partial charge in [0.25, 0.3) is 0 Å². The summed E-state index contributed by atoms with van der Waals surface area (Å²) < 4.78 is 19.8. The largest absolute Gasteiger partial charge is 0.360 e. The molecule has 1 aromatic carbocycles. The van der Waals surface area contributed by atoms with Crippen LogP contribution in [-0.4, -0.2) is 46.0 Å². The highest BCUT2D eigenvalue weighted by atomic mass is 19.1. The van der Waals surface area contributed by atoms with Gasteiger partial charge in [0.15, 0.2) is 0 Å². The summed E-state index contributed by atoms with van der Waals surface area (Å²) in [4.78, 5) is 18.1. The van der Waals surface area contributed by atoms with E-state index in [2.05, 4.69) is 10.1 Å². The highest BCUT2D eigenvalue weighted by molar-refractivity contribution is 5.87. The molecule has 3 heterocycles. The van der Waals surface area contributed by atoms with Crippen LogP contribution in [0.5, 0.6) is 0 Å². The zero-order valence-electron chi connectivity index (χ0n) is 16.1. The van der Waals surface area contributed by atoms with Crippen LogP contribution in [-0.2, 0) is 17.8 Å². The smallest absolute Gasteiger partial charge is 0.243 e. The van der Waals surface area contributed by atoms with E-state index in [1.165, 1.54) is 18.9 Å². The number of aromatic nitrogens is 1. The molecule has 2 aliphatic heterocycles. The summed E-state index contributed by atoms with van der Waals surface area (Å²) in [6.07, 6.45) is 7.16. The Morgan fingerprint density at radius 1 is 1.07 bits per heavy atom. The highest BCUT2D eigenvalue weighted by Crippen LogP contribution is 2.40. The average molecular weight is 383 g/mol. The molecule has 0 bridgehead atoms. The number of fused-ring (bicyclic) bond motifs is 1. The molecule has 1 aromatic heterocycles. The van der Waals surface area contributed by atoms with Crippen LogP contribution in [0.2, 0.25) is 0 Å². The zero-order chi connectivity index (χ0) is 19.1. The van der Waals surface area contributed by atoms with Crippen LogP contribution >= 0.6 is 0 Å². The van der Waals surface area contributed by atoms with Gasteiger partial charge in [-0.3, -0.25) is 9.69 Å². The number of rotatable bonds is 3. The number of nitrogens with zero attached hydrogens (tertiary/aromatic N) is 3. The molecule has 1 saturated carbocycles. The molecule has 1 amide bonds. The number of carbonyl (C=O) groups excluding carboxylic acids is 1. The lowest BCUT2D eigenvalue weighted by molar-refractivity contribution is -0.145. The molecule has 2 fully saturated rings. The molecular formula is C22H26FN3O2. The third-order valence-electron chi connectivity index (χ3n) is 6.78. The van der Waals surface area contributed by atoms with Crippen molar-refractivity contribution in [2.45, 2.75) is 57.0 Å². The molecule has 0 atom stereocenters. The molecule has 28 heavy (non-hydrogen) atoms. The summed E-state index contributed by atoms with van der Waals surface area (Å²) in [5, 5.41) is 4.15. The Hall–Kier alpha value is -2.21. The predicted octanol–water partition coefficient (Wildman–Crippen LogP) is 3.77. The van der Waals surface area contributed by atoms with Crippen LogP contribution in [0.25, 0.3) is 11.3 Å². The lowest BCUT2D eigenvalue weighted by Gasteiger charge is -2.41. The van der Waals surface area contributed by atoms with E-state index in [9.17, 15) is 9.18 Å². The van der Waals surface area contributed by atoms with Crippen LogP contribution in [0.1, 0.15) is 49.8 Å². The van der Waals surface area contributed by atoms with E-state index in [0.29, 0.717) is 30.8 Å². The van der Waals surface area contributed by atoms with Gasteiger partial charge in [-0.1, -0.05) is 30.1 Å². The minimum Gasteiger partial charge on any atom is -0.360 e. The second-order valence-electron chi connectivity index (χ2n) is 8.32. The van der Waals surface area contributed by atoms with Crippen molar-refractivity contribution >= 4 is 5.91 Å². The molecule has 1 aliphatic carbocycles. The Bertz CT molecular complexity index is 882. The molecule has 0 spiro atoms. The first-order valence-corrected chi connectivity index (χ1v) is 10.5. The summed E-state index contributed by atoms with van der Waals surface area (Å²) in [6, 6.07) is 6.62. The maximum atomic E-state index is 14.3. The minimum atomic E-state index is -0.330. The van der Waals surface area contributed by atoms with Crippen LogP contribution < -0.4 is 0 Å². The van der Waals surface area contributed by atoms with Crippen molar-refractivity contribution in [1.29, 1.82) is 0 Å². The van der Waals surface area contributed by atoms with Crippen molar-refractivity contribution in [1.82, 2.24) is 15.0 Å². The molecule has 2 aromatic rings. The fourth-order valence-electron chi connectivity index (χ4n) is 5.31. The van der Waals surface area contributed by atoms with Crippen molar-refractivity contribution in [3.63, 3.8) is 0 Å². The van der Waals surface area contributed by atoms with Gasteiger partial charge < -0.3 is 9.42 Å². The molecule has 3 aliphatic rings. The van der Waals surface area contributed by atoms with Crippen molar-refractivity contribution in [2.75, 3.05) is 19.6 Å². The van der Waals surface area contributed by atoms with Gasteiger partial charge in [-0.25, -0.2) is 4.39 Å². The maximum Gasteiger partial charge on any atom is 0.243 e. The SMILES string of the molecule is O=C(N1CCc2onc(-c3ccccc3F)c2C1)C1(N2CCCC2)CCCC1. The first-order chi connectivity index (χ1) is 13.7. The van der Waals surface area contributed by atoms with E-state index >= 15 is 0 Å². The lowest BCUT2D eigenvalue weighted by atomic mass is 9.91. The average Bonchev–Trinajstić information content (AvgIpc) is 3.47. The highest BCUT2D eigenvalue weighted by Gasteiger charge is 2.49. The first kappa shape index (κ1) is 17.9. The summed E-state index contributed by atoms with van der Waals surface area (Å²) in [6.45, 7) is 3.15. The van der Waals surface area contributed by atoms with Gasteiger partial charge >= 0.3 is 0 Å². The number of hydrogen-bond donors (Lipinski definition) is 0. The van der Waals surface area contributed by atoms with Crippen LogP contribution in [0.15, 0.2) is 28.8 Å². The van der Waals surface area contributed by atoms with Crippen LogP contribution in [0.4, 0.5) is 4.39 Å². The number of benzene rings is 1. The van der Waals surface area contributed by atoms with Crippen molar-refractivity contribution in [3.05, 3.63) is 41.4 Å². The topological polar surface area (TPSA) is 49.6 Å². The number of hydrogen-bond acceptors (Lipinski definition) is 4. The summed E-state index contributed by atoms with van der Waals surface area (Å²) in [5.74, 6) is 0.716. The van der Waals surface area contributed by atoms with Crippen LogP contribution in [0, 0.1) is 5.82 Å². The summed E-state index contributed by atoms with van der Waals surface area (Å²) in [7, 11) is 0. The molecule has 1 saturated heterocycles. The molecule has 6 heteroatoms. The van der Waals surface area contributed by atoms with Crippen molar-refractivity contribution in [3.8, 4) is 11.3 Å². The predicted molar refractivity (Wildman–Crippen MR) is 103 cm³/mol. The summed E-state index contributed by atoms with van der Waals surface area (Å²) in [5.41, 5.74) is 1.51. The third kappa shape index (κ3) is 2.77. The third-order valence-corrected chi connectivity index (χ3v) is 6.78. The fourth-order valence-corrected chi connectivity index (χ4v) is 5.31.